The predicted octanol–water partition coefficient (Wildman–Crippen LogP) is 5.59. The van der Waals surface area contributed by atoms with Crippen molar-refractivity contribution in [1.29, 1.82) is 0 Å². The van der Waals surface area contributed by atoms with Gasteiger partial charge in [-0.1, -0.05) is 18.2 Å². The fourth-order valence-corrected chi connectivity index (χ4v) is 9.22. The molecular weight excluding hydrogens is 508 g/mol. The number of hydrogen-bond acceptors (Lipinski definition) is 6. The Kier molecular flexibility index (Phi) is 6.41. The molecule has 3 heterocycles. The Morgan fingerprint density at radius 2 is 1.74 bits per heavy atom. The molecule has 0 N–H and O–H groups in total. The molecule has 2 aromatic rings. The number of rotatable bonds is 5. The Labute approximate surface area is 234 Å². The highest BCUT2D eigenvalue weighted by Crippen LogP contribution is 2.61. The lowest BCUT2D eigenvalue weighted by Gasteiger charge is -2.56. The summed E-state index contributed by atoms with van der Waals surface area (Å²) in [7, 11) is 0. The molecule has 39 heavy (non-hydrogen) atoms. The van der Waals surface area contributed by atoms with E-state index in [1.54, 1.807) is 0 Å². The summed E-state index contributed by atoms with van der Waals surface area (Å²) < 4.78 is 7.22. The quantitative estimate of drug-likeness (QED) is 0.361. The van der Waals surface area contributed by atoms with Gasteiger partial charge in [0, 0.05) is 30.3 Å². The molecule has 8 heteroatoms. The summed E-state index contributed by atoms with van der Waals surface area (Å²) in [6.45, 7) is 3.67. The number of amidine groups is 1. The van der Waals surface area contributed by atoms with E-state index in [0.29, 0.717) is 24.6 Å². The second kappa shape index (κ2) is 9.95. The third kappa shape index (κ3) is 4.64. The van der Waals surface area contributed by atoms with Crippen LogP contribution < -0.4 is 0 Å². The van der Waals surface area contributed by atoms with Crippen LogP contribution >= 0.6 is 11.8 Å². The summed E-state index contributed by atoms with van der Waals surface area (Å²) in [4.78, 5) is 32.5. The number of piperidine rings is 1. The molecule has 0 unspecified atom stereocenters. The number of ether oxygens (including phenoxy) is 1. The highest BCUT2D eigenvalue weighted by Gasteiger charge is 2.53. The summed E-state index contributed by atoms with van der Waals surface area (Å²) in [5.41, 5.74) is 3.40. The monoisotopic (exact) mass is 544 g/mol. The molecule has 1 saturated heterocycles. The molecule has 1 aromatic carbocycles. The van der Waals surface area contributed by atoms with Gasteiger partial charge >= 0.3 is 5.97 Å². The minimum absolute atomic E-state index is 0.0643. The molecule has 2 aliphatic heterocycles. The van der Waals surface area contributed by atoms with Gasteiger partial charge in [-0.3, -0.25) is 9.59 Å². The van der Waals surface area contributed by atoms with Crippen molar-refractivity contribution in [3.8, 4) is 5.69 Å². The molecule has 1 aromatic heterocycles. The zero-order chi connectivity index (χ0) is 26.6. The maximum Gasteiger partial charge on any atom is 0.309 e. The molecule has 7 nitrogen and oxygen atoms in total. The molecule has 4 aliphatic carbocycles. The van der Waals surface area contributed by atoms with Crippen LogP contribution in [0, 0.1) is 23.7 Å². The molecule has 4 bridgehead atoms. The Hall–Kier alpha value is -2.87. The number of esters is 1. The zero-order valence-corrected chi connectivity index (χ0v) is 23.4. The van der Waals surface area contributed by atoms with Gasteiger partial charge in [0.05, 0.1) is 28.8 Å². The van der Waals surface area contributed by atoms with Gasteiger partial charge in [0.1, 0.15) is 0 Å². The maximum absolute atomic E-state index is 13.1. The van der Waals surface area contributed by atoms with Crippen LogP contribution in [0.1, 0.15) is 69.5 Å². The first kappa shape index (κ1) is 25.1. The third-order valence-electron chi connectivity index (χ3n) is 9.59. The number of aromatic nitrogens is 2. The largest absolute Gasteiger partial charge is 0.466 e. The van der Waals surface area contributed by atoms with Crippen molar-refractivity contribution in [1.82, 2.24) is 14.7 Å². The first-order chi connectivity index (χ1) is 19.0. The van der Waals surface area contributed by atoms with Gasteiger partial charge in [-0.05, 0) is 106 Å². The lowest BCUT2D eigenvalue weighted by atomic mass is 9.48. The van der Waals surface area contributed by atoms with Crippen molar-refractivity contribution >= 4 is 34.9 Å². The average molecular weight is 545 g/mol. The van der Waals surface area contributed by atoms with Crippen molar-refractivity contribution in [2.24, 2.45) is 28.7 Å². The lowest BCUT2D eigenvalue weighted by molar-refractivity contribution is -0.149. The second-order valence-corrected chi connectivity index (χ2v) is 13.2. The van der Waals surface area contributed by atoms with Crippen molar-refractivity contribution in [3.63, 3.8) is 0 Å². The fraction of sp³-hybridized carbons (Fsp3) is 0.548. The molecule has 1 amide bonds. The molecule has 204 valence electrons. The highest BCUT2D eigenvalue weighted by atomic mass is 32.2. The number of carbonyl (C=O) groups is 2. The van der Waals surface area contributed by atoms with E-state index in [9.17, 15) is 9.59 Å². The van der Waals surface area contributed by atoms with Crippen LogP contribution in [0.5, 0.6) is 0 Å². The first-order valence-electron chi connectivity index (χ1n) is 14.6. The van der Waals surface area contributed by atoms with Crippen LogP contribution in [0.3, 0.4) is 0 Å². The Morgan fingerprint density at radius 1 is 1.08 bits per heavy atom. The van der Waals surface area contributed by atoms with Crippen LogP contribution in [-0.2, 0) is 19.7 Å². The van der Waals surface area contributed by atoms with E-state index >= 15 is 0 Å². The molecular formula is C31H36N4O3S. The van der Waals surface area contributed by atoms with E-state index in [1.165, 1.54) is 56.0 Å². The van der Waals surface area contributed by atoms with E-state index in [-0.39, 0.29) is 23.2 Å². The maximum atomic E-state index is 13.1. The summed E-state index contributed by atoms with van der Waals surface area (Å²) in [5, 5.41) is 6.00. The van der Waals surface area contributed by atoms with Crippen molar-refractivity contribution in [2.75, 3.05) is 19.7 Å². The summed E-state index contributed by atoms with van der Waals surface area (Å²) in [5.74, 6) is 2.09. The number of hydrogen-bond donors (Lipinski definition) is 0. The number of aliphatic imine (C=N–C) groups is 1. The average Bonchev–Trinajstić information content (AvgIpc) is 3.53. The molecule has 8 rings (SSSR count). The van der Waals surface area contributed by atoms with Gasteiger partial charge < -0.3 is 9.64 Å². The van der Waals surface area contributed by atoms with Crippen molar-refractivity contribution in [2.45, 2.75) is 63.7 Å². The van der Waals surface area contributed by atoms with Crippen LogP contribution in [-0.4, -0.2) is 51.4 Å². The molecule has 4 saturated carbocycles. The number of thioether (sulfide) groups is 1. The molecule has 0 radical (unpaired) electrons. The fourth-order valence-electron chi connectivity index (χ4n) is 8.26. The van der Waals surface area contributed by atoms with E-state index in [4.69, 9.17) is 9.84 Å². The molecule has 6 aliphatic rings. The number of likely N-dealkylation sites (tertiary alicyclic amines) is 1. The van der Waals surface area contributed by atoms with Gasteiger partial charge in [0.2, 0.25) is 0 Å². The van der Waals surface area contributed by atoms with Crippen LogP contribution in [0.4, 0.5) is 0 Å². The van der Waals surface area contributed by atoms with E-state index < -0.39 is 0 Å². The zero-order valence-electron chi connectivity index (χ0n) is 22.6. The van der Waals surface area contributed by atoms with Crippen molar-refractivity contribution < 1.29 is 14.3 Å². The topological polar surface area (TPSA) is 76.8 Å². The number of carbonyl (C=O) groups excluding carboxylic acids is 2. The molecule has 5 fully saturated rings. The highest BCUT2D eigenvalue weighted by molar-refractivity contribution is 8.18. The summed E-state index contributed by atoms with van der Waals surface area (Å²) in [6, 6.07) is 10.3. The van der Waals surface area contributed by atoms with Crippen LogP contribution in [0.2, 0.25) is 0 Å². The minimum atomic E-state index is -0.175. The first-order valence-corrected chi connectivity index (χ1v) is 15.4. The SMILES string of the molecule is CCOC(=O)C1CCN(C2=NC(=O)C(=Cc3cn(-c4ccccc4)nc3C34CC5CC(CC(C5)C3)C4)S2)CC1. The lowest BCUT2D eigenvalue weighted by Crippen LogP contribution is -2.49. The van der Waals surface area contributed by atoms with Gasteiger partial charge in [-0.2, -0.15) is 10.1 Å². The van der Waals surface area contributed by atoms with Crippen LogP contribution in [0.15, 0.2) is 46.4 Å². The van der Waals surface area contributed by atoms with Gasteiger partial charge in [0.25, 0.3) is 5.91 Å². The van der Waals surface area contributed by atoms with E-state index in [0.717, 1.165) is 47.0 Å². The predicted molar refractivity (Wildman–Crippen MR) is 152 cm³/mol. The van der Waals surface area contributed by atoms with E-state index in [1.807, 2.05) is 29.8 Å². The molecule has 0 atom stereocenters. The number of benzene rings is 1. The number of amides is 1. The summed E-state index contributed by atoms with van der Waals surface area (Å²) >= 11 is 1.47. The Morgan fingerprint density at radius 3 is 2.38 bits per heavy atom. The second-order valence-electron chi connectivity index (χ2n) is 12.2. The summed E-state index contributed by atoms with van der Waals surface area (Å²) in [6.07, 6.45) is 13.4. The van der Waals surface area contributed by atoms with Crippen molar-refractivity contribution in [3.05, 3.63) is 52.7 Å². The van der Waals surface area contributed by atoms with Gasteiger partial charge in [-0.15, -0.1) is 0 Å². The number of nitrogens with zero attached hydrogens (tertiary/aromatic N) is 4. The van der Waals surface area contributed by atoms with Gasteiger partial charge in [-0.25, -0.2) is 4.68 Å². The van der Waals surface area contributed by atoms with Crippen LogP contribution in [0.25, 0.3) is 11.8 Å². The van der Waals surface area contributed by atoms with Gasteiger partial charge in [0.15, 0.2) is 5.17 Å². The third-order valence-corrected chi connectivity index (χ3v) is 10.6. The minimum Gasteiger partial charge on any atom is -0.466 e. The molecule has 0 spiro atoms. The smallest absolute Gasteiger partial charge is 0.309 e. The Balaban J connectivity index is 1.16. The standard InChI is InChI=1S/C31H36N4O3S/c1-2-38-29(37)23-8-10-34(11-9-23)30-32-28(36)26(39-30)15-24-19-35(25-6-4-3-5-7-25)33-27(24)31-16-20-12-21(17-31)14-22(13-20)18-31/h3-7,15,19-23H,2,8-14,16-18H2,1H3. The number of para-hydroxylation sites is 1. The van der Waals surface area contributed by atoms with E-state index in [2.05, 4.69) is 34.3 Å². The normalized spacial score (nSPS) is 31.3. The Bertz CT molecular complexity index is 1300.